The van der Waals surface area contributed by atoms with E-state index >= 15 is 0 Å². The van der Waals surface area contributed by atoms with Crippen LogP contribution < -0.4 is 5.32 Å². The minimum atomic E-state index is -3.74. The molecule has 0 saturated carbocycles. The van der Waals surface area contributed by atoms with Gasteiger partial charge in [0.05, 0.1) is 4.90 Å². The summed E-state index contributed by atoms with van der Waals surface area (Å²) in [6, 6.07) is 15.3. The van der Waals surface area contributed by atoms with Gasteiger partial charge in [0, 0.05) is 36.3 Å². The van der Waals surface area contributed by atoms with Gasteiger partial charge in [0.25, 0.3) is 0 Å². The zero-order chi connectivity index (χ0) is 18.0. The van der Waals surface area contributed by atoms with Gasteiger partial charge in [0.15, 0.2) is 5.78 Å². The fourth-order valence-corrected chi connectivity index (χ4v) is 5.04. The summed E-state index contributed by atoms with van der Waals surface area (Å²) >= 11 is 0. The highest BCUT2D eigenvalue weighted by Gasteiger charge is 2.33. The number of piperazine rings is 1. The first kappa shape index (κ1) is 20.6. The van der Waals surface area contributed by atoms with E-state index in [4.69, 9.17) is 0 Å². The molecule has 0 spiro atoms. The highest BCUT2D eigenvalue weighted by atomic mass is 35.5. The van der Waals surface area contributed by atoms with Crippen LogP contribution in [0.4, 0.5) is 0 Å². The summed E-state index contributed by atoms with van der Waals surface area (Å²) in [6.45, 7) is 4.69. The molecule has 0 aromatic heterocycles. The van der Waals surface area contributed by atoms with Crippen molar-refractivity contribution in [1.29, 1.82) is 0 Å². The predicted octanol–water partition coefficient (Wildman–Crippen LogP) is 2.71. The van der Waals surface area contributed by atoms with Crippen LogP contribution in [0.25, 0.3) is 0 Å². The second kappa shape index (κ2) is 8.31. The molecule has 1 N–H and O–H groups in total. The molecule has 2 aromatic carbocycles. The van der Waals surface area contributed by atoms with Gasteiger partial charge in [-0.05, 0) is 26.0 Å². The number of nitrogens with one attached hydrogen (secondary N) is 1. The second-order valence-corrected chi connectivity index (χ2v) is 8.39. The first-order valence-corrected chi connectivity index (χ1v) is 9.78. The van der Waals surface area contributed by atoms with Crippen molar-refractivity contribution in [3.05, 3.63) is 65.7 Å². The molecular formula is C19H23ClN2O3S. The zero-order valence-corrected chi connectivity index (χ0v) is 16.4. The number of benzene rings is 2. The smallest absolute Gasteiger partial charge is 0.243 e. The van der Waals surface area contributed by atoms with Crippen LogP contribution in [-0.2, 0) is 10.0 Å². The molecular weight excluding hydrogens is 372 g/mol. The molecule has 0 radical (unpaired) electrons. The van der Waals surface area contributed by atoms with E-state index in [-0.39, 0.29) is 40.7 Å². The van der Waals surface area contributed by atoms with Crippen molar-refractivity contribution in [1.82, 2.24) is 9.62 Å². The Kier molecular flexibility index (Phi) is 6.58. The van der Waals surface area contributed by atoms with E-state index in [1.165, 1.54) is 10.4 Å². The molecule has 7 heteroatoms. The summed E-state index contributed by atoms with van der Waals surface area (Å²) in [5.74, 6) is -0.281. The normalized spacial score (nSPS) is 21.0. The molecule has 1 heterocycles. The molecule has 0 bridgehead atoms. The van der Waals surface area contributed by atoms with E-state index in [0.29, 0.717) is 18.7 Å². The van der Waals surface area contributed by atoms with Crippen LogP contribution in [0.3, 0.4) is 0 Å². The van der Waals surface area contributed by atoms with Gasteiger partial charge in [-0.3, -0.25) is 4.79 Å². The summed E-state index contributed by atoms with van der Waals surface area (Å²) in [4.78, 5) is 12.9. The zero-order valence-electron chi connectivity index (χ0n) is 14.8. The number of halogens is 1. The lowest BCUT2D eigenvalue weighted by atomic mass is 10.0. The molecule has 2 unspecified atom stereocenters. The van der Waals surface area contributed by atoms with Crippen molar-refractivity contribution < 1.29 is 13.2 Å². The molecule has 0 amide bonds. The molecule has 2 atom stereocenters. The standard InChI is InChI=1S/C19H22N2O3S.ClH/c1-14-12-21(13-15(2)20-14)25(23,24)18-11-7-6-10-17(18)19(22)16-8-4-3-5-9-16;/h3-11,14-15,20H,12-13H2,1-2H3;1H. The topological polar surface area (TPSA) is 66.5 Å². The molecule has 5 nitrogen and oxygen atoms in total. The highest BCUT2D eigenvalue weighted by Crippen LogP contribution is 2.24. The Morgan fingerprint density at radius 1 is 0.962 bits per heavy atom. The molecule has 26 heavy (non-hydrogen) atoms. The Morgan fingerprint density at radius 3 is 2.12 bits per heavy atom. The van der Waals surface area contributed by atoms with Crippen molar-refractivity contribution >= 4 is 28.2 Å². The van der Waals surface area contributed by atoms with E-state index in [9.17, 15) is 13.2 Å². The van der Waals surface area contributed by atoms with Gasteiger partial charge >= 0.3 is 0 Å². The minimum Gasteiger partial charge on any atom is -0.309 e. The summed E-state index contributed by atoms with van der Waals surface area (Å²) in [6.07, 6.45) is 0. The average Bonchev–Trinajstić information content (AvgIpc) is 2.61. The van der Waals surface area contributed by atoms with Crippen LogP contribution >= 0.6 is 12.4 Å². The number of carbonyl (C=O) groups excluding carboxylic acids is 1. The predicted molar refractivity (Wildman–Crippen MR) is 104 cm³/mol. The Labute approximate surface area is 160 Å². The minimum absolute atomic E-state index is 0. The van der Waals surface area contributed by atoms with Crippen molar-refractivity contribution in [3.8, 4) is 0 Å². The Hall–Kier alpha value is -1.73. The highest BCUT2D eigenvalue weighted by molar-refractivity contribution is 7.89. The summed E-state index contributed by atoms with van der Waals surface area (Å²) in [7, 11) is -3.74. The Balaban J connectivity index is 0.00000243. The number of nitrogens with zero attached hydrogens (tertiary/aromatic N) is 1. The van der Waals surface area contributed by atoms with E-state index in [1.54, 1.807) is 42.5 Å². The lowest BCUT2D eigenvalue weighted by Crippen LogP contribution is -2.55. The molecule has 2 aromatic rings. The van der Waals surface area contributed by atoms with Crippen LogP contribution in [0.5, 0.6) is 0 Å². The molecule has 1 fully saturated rings. The van der Waals surface area contributed by atoms with E-state index in [0.717, 1.165) is 0 Å². The maximum absolute atomic E-state index is 13.2. The largest absolute Gasteiger partial charge is 0.309 e. The van der Waals surface area contributed by atoms with Gasteiger partial charge in [-0.1, -0.05) is 42.5 Å². The maximum Gasteiger partial charge on any atom is 0.243 e. The van der Waals surface area contributed by atoms with Gasteiger partial charge in [0.2, 0.25) is 10.0 Å². The second-order valence-electron chi connectivity index (χ2n) is 6.48. The summed E-state index contributed by atoms with van der Waals surface area (Å²) in [5, 5.41) is 3.32. The van der Waals surface area contributed by atoms with Gasteiger partial charge < -0.3 is 5.32 Å². The van der Waals surface area contributed by atoms with Crippen molar-refractivity contribution in [2.45, 2.75) is 30.8 Å². The lowest BCUT2D eigenvalue weighted by Gasteiger charge is -2.35. The maximum atomic E-state index is 13.2. The number of rotatable bonds is 4. The third-order valence-corrected chi connectivity index (χ3v) is 6.20. The number of ketones is 1. The van der Waals surface area contributed by atoms with Gasteiger partial charge in [-0.2, -0.15) is 4.31 Å². The van der Waals surface area contributed by atoms with E-state index in [2.05, 4.69) is 5.32 Å². The van der Waals surface area contributed by atoms with E-state index < -0.39 is 10.0 Å². The molecule has 1 saturated heterocycles. The number of hydrogen-bond acceptors (Lipinski definition) is 4. The lowest BCUT2D eigenvalue weighted by molar-refractivity contribution is 0.103. The third kappa shape index (κ3) is 4.15. The van der Waals surface area contributed by atoms with Crippen LogP contribution in [0.1, 0.15) is 29.8 Å². The number of sulfonamides is 1. The van der Waals surface area contributed by atoms with Crippen LogP contribution in [0.2, 0.25) is 0 Å². The number of carbonyl (C=O) groups is 1. The van der Waals surface area contributed by atoms with Crippen molar-refractivity contribution in [2.24, 2.45) is 0 Å². The van der Waals surface area contributed by atoms with Crippen molar-refractivity contribution in [2.75, 3.05) is 13.1 Å². The molecule has 1 aliphatic rings. The van der Waals surface area contributed by atoms with Gasteiger partial charge in [-0.25, -0.2) is 8.42 Å². The molecule has 1 aliphatic heterocycles. The number of hydrogen-bond donors (Lipinski definition) is 1. The van der Waals surface area contributed by atoms with Gasteiger partial charge in [-0.15, -0.1) is 12.4 Å². The Bertz CT molecular complexity index is 861. The fraction of sp³-hybridized carbons (Fsp3) is 0.316. The first-order valence-electron chi connectivity index (χ1n) is 8.34. The summed E-state index contributed by atoms with van der Waals surface area (Å²) < 4.78 is 27.8. The molecule has 0 aliphatic carbocycles. The molecule has 140 valence electrons. The SMILES string of the molecule is CC1CN(S(=O)(=O)c2ccccc2C(=O)c2ccccc2)CC(C)N1.Cl. The first-order chi connectivity index (χ1) is 11.9. The summed E-state index contributed by atoms with van der Waals surface area (Å²) in [5.41, 5.74) is 0.694. The quantitative estimate of drug-likeness (QED) is 0.809. The van der Waals surface area contributed by atoms with Gasteiger partial charge in [0.1, 0.15) is 0 Å². The average molecular weight is 395 g/mol. The monoisotopic (exact) mass is 394 g/mol. The van der Waals surface area contributed by atoms with E-state index in [1.807, 2.05) is 19.9 Å². The van der Waals surface area contributed by atoms with Crippen molar-refractivity contribution in [3.63, 3.8) is 0 Å². The van der Waals surface area contributed by atoms with Crippen LogP contribution in [0.15, 0.2) is 59.5 Å². The fourth-order valence-electron chi connectivity index (χ4n) is 3.24. The van der Waals surface area contributed by atoms with Crippen LogP contribution in [0, 0.1) is 0 Å². The third-order valence-electron chi connectivity index (χ3n) is 4.31. The Morgan fingerprint density at radius 2 is 1.50 bits per heavy atom. The molecule has 3 rings (SSSR count). The van der Waals surface area contributed by atoms with Crippen LogP contribution in [-0.4, -0.2) is 43.7 Å².